The fourth-order valence-corrected chi connectivity index (χ4v) is 5.76. The molecule has 1 unspecified atom stereocenters. The van der Waals surface area contributed by atoms with Crippen LogP contribution in [0.25, 0.3) is 0 Å². The molecule has 0 aliphatic heterocycles. The van der Waals surface area contributed by atoms with E-state index in [0.717, 1.165) is 6.42 Å². The van der Waals surface area contributed by atoms with Crippen LogP contribution in [0.15, 0.2) is 42.0 Å². The van der Waals surface area contributed by atoms with E-state index in [1.807, 2.05) is 0 Å². The van der Waals surface area contributed by atoms with Crippen molar-refractivity contribution in [3.05, 3.63) is 47.5 Å². The van der Waals surface area contributed by atoms with Crippen molar-refractivity contribution in [2.45, 2.75) is 78.1 Å². The summed E-state index contributed by atoms with van der Waals surface area (Å²) in [5.41, 5.74) is 2.69. The first-order chi connectivity index (χ1) is 10.6. The van der Waals surface area contributed by atoms with E-state index in [2.05, 4.69) is 71.0 Å². The highest BCUT2D eigenvalue weighted by Gasteiger charge is 2.33. The lowest BCUT2D eigenvalue weighted by Gasteiger charge is -2.34. The van der Waals surface area contributed by atoms with E-state index in [0.29, 0.717) is 0 Å². The van der Waals surface area contributed by atoms with Crippen LogP contribution < -0.4 is 0 Å². The Morgan fingerprint density at radius 3 is 2.14 bits per heavy atom. The maximum absolute atomic E-state index is 6.83. The second-order valence-electron chi connectivity index (χ2n) is 6.24. The van der Waals surface area contributed by atoms with Gasteiger partial charge in [-0.25, -0.2) is 0 Å². The zero-order chi connectivity index (χ0) is 16.4. The molecule has 0 amide bonds. The molecule has 0 aliphatic rings. The molecule has 22 heavy (non-hydrogen) atoms. The maximum atomic E-state index is 6.83. The number of benzene rings is 1. The predicted molar refractivity (Wildman–Crippen MR) is 101 cm³/mol. The summed E-state index contributed by atoms with van der Waals surface area (Å²) in [6.07, 6.45) is 6.20. The summed E-state index contributed by atoms with van der Waals surface area (Å²) in [6, 6.07) is 14.4. The van der Waals surface area contributed by atoms with Crippen molar-refractivity contribution in [1.29, 1.82) is 0 Å². The molecule has 0 aromatic heterocycles. The first-order valence-electron chi connectivity index (χ1n) is 9.01. The lowest BCUT2D eigenvalue weighted by molar-refractivity contribution is 0.225. The third kappa shape index (κ3) is 5.40. The van der Waals surface area contributed by atoms with E-state index in [-0.39, 0.29) is 6.10 Å². The molecule has 1 aromatic carbocycles. The molecule has 0 N–H and O–H groups in total. The van der Waals surface area contributed by atoms with E-state index in [9.17, 15) is 0 Å². The molecule has 0 aliphatic carbocycles. The highest BCUT2D eigenvalue weighted by Crippen LogP contribution is 2.34. The Kier molecular flexibility index (Phi) is 8.73. The maximum Gasteiger partial charge on any atom is 0.193 e. The average molecular weight is 319 g/mol. The fraction of sp³-hybridized carbons (Fsp3) is 0.600. The summed E-state index contributed by atoms with van der Waals surface area (Å²) >= 11 is 0. The standard InChI is InChI=1S/C20H34OSi/c1-6-10-12-15-18(5)20(19-16-13-11-14-17-19)21-22(7-2,8-3)9-4/h11,13-17,20H,6-10,12H2,1-5H3/b18-15+. The summed E-state index contributed by atoms with van der Waals surface area (Å²) in [4.78, 5) is 0. The third-order valence-corrected chi connectivity index (χ3v) is 9.44. The number of rotatable bonds is 10. The zero-order valence-electron chi connectivity index (χ0n) is 15.2. The summed E-state index contributed by atoms with van der Waals surface area (Å²) < 4.78 is 6.83. The molecule has 0 spiro atoms. The topological polar surface area (TPSA) is 9.23 Å². The molecule has 0 fully saturated rings. The number of unbranched alkanes of at least 4 members (excludes halogenated alkanes) is 2. The number of allylic oxidation sites excluding steroid dienone is 1. The third-order valence-electron chi connectivity index (χ3n) is 4.84. The molecule has 0 radical (unpaired) electrons. The van der Waals surface area contributed by atoms with Crippen LogP contribution in [0.1, 0.15) is 65.5 Å². The second-order valence-corrected chi connectivity index (χ2v) is 11.0. The van der Waals surface area contributed by atoms with Gasteiger partial charge in [0.25, 0.3) is 0 Å². The molecule has 0 saturated carbocycles. The molecular formula is C20H34OSi. The van der Waals surface area contributed by atoms with Crippen LogP contribution in [-0.2, 0) is 4.43 Å². The largest absolute Gasteiger partial charge is 0.406 e. The van der Waals surface area contributed by atoms with Gasteiger partial charge in [0.1, 0.15) is 0 Å². The van der Waals surface area contributed by atoms with Gasteiger partial charge in [-0.3, -0.25) is 0 Å². The van der Waals surface area contributed by atoms with Crippen molar-refractivity contribution in [3.63, 3.8) is 0 Å². The smallest absolute Gasteiger partial charge is 0.193 e. The summed E-state index contributed by atoms with van der Waals surface area (Å²) in [6.45, 7) is 11.4. The van der Waals surface area contributed by atoms with Gasteiger partial charge in [-0.15, -0.1) is 0 Å². The van der Waals surface area contributed by atoms with Crippen LogP contribution >= 0.6 is 0 Å². The van der Waals surface area contributed by atoms with Gasteiger partial charge in [0.15, 0.2) is 8.32 Å². The van der Waals surface area contributed by atoms with Crippen molar-refractivity contribution < 1.29 is 4.43 Å². The molecular weight excluding hydrogens is 284 g/mol. The quantitative estimate of drug-likeness (QED) is 0.259. The van der Waals surface area contributed by atoms with Gasteiger partial charge in [0.2, 0.25) is 0 Å². The second kappa shape index (κ2) is 10.0. The van der Waals surface area contributed by atoms with Gasteiger partial charge in [-0.2, -0.15) is 0 Å². The Hall–Kier alpha value is -0.863. The van der Waals surface area contributed by atoms with Crippen molar-refractivity contribution in [2.24, 2.45) is 0 Å². The van der Waals surface area contributed by atoms with E-state index in [1.165, 1.54) is 42.1 Å². The monoisotopic (exact) mass is 318 g/mol. The van der Waals surface area contributed by atoms with Gasteiger partial charge < -0.3 is 4.43 Å². The molecule has 1 rings (SSSR count). The minimum atomic E-state index is -1.61. The van der Waals surface area contributed by atoms with Crippen LogP contribution in [0.4, 0.5) is 0 Å². The lowest BCUT2D eigenvalue weighted by Crippen LogP contribution is -2.37. The Bertz CT molecular complexity index is 426. The Morgan fingerprint density at radius 1 is 1.05 bits per heavy atom. The highest BCUT2D eigenvalue weighted by molar-refractivity contribution is 6.73. The van der Waals surface area contributed by atoms with Gasteiger partial charge in [-0.1, -0.05) is 76.9 Å². The molecule has 124 valence electrons. The summed E-state index contributed by atoms with van der Waals surface area (Å²) in [5.74, 6) is 0. The molecule has 1 nitrogen and oxygen atoms in total. The SMILES string of the molecule is CCCC/C=C(\C)C(O[Si](CC)(CC)CC)c1ccccc1. The van der Waals surface area contributed by atoms with Crippen molar-refractivity contribution in [3.8, 4) is 0 Å². The van der Waals surface area contributed by atoms with Crippen molar-refractivity contribution >= 4 is 8.32 Å². The van der Waals surface area contributed by atoms with Crippen LogP contribution in [0.5, 0.6) is 0 Å². The van der Waals surface area contributed by atoms with Crippen LogP contribution in [-0.4, -0.2) is 8.32 Å². The minimum Gasteiger partial charge on any atom is -0.406 e. The van der Waals surface area contributed by atoms with Crippen molar-refractivity contribution in [2.75, 3.05) is 0 Å². The number of hydrogen-bond acceptors (Lipinski definition) is 1. The zero-order valence-corrected chi connectivity index (χ0v) is 16.2. The van der Waals surface area contributed by atoms with Crippen LogP contribution in [0, 0.1) is 0 Å². The van der Waals surface area contributed by atoms with E-state index < -0.39 is 8.32 Å². The van der Waals surface area contributed by atoms with Gasteiger partial charge in [0.05, 0.1) is 6.10 Å². The molecule has 0 saturated heterocycles. The molecule has 0 heterocycles. The average Bonchev–Trinajstić information content (AvgIpc) is 2.57. The highest BCUT2D eigenvalue weighted by atomic mass is 28.4. The lowest BCUT2D eigenvalue weighted by atomic mass is 10.0. The Morgan fingerprint density at radius 2 is 1.64 bits per heavy atom. The van der Waals surface area contributed by atoms with E-state index in [4.69, 9.17) is 4.43 Å². The summed E-state index contributed by atoms with van der Waals surface area (Å²) in [7, 11) is -1.61. The summed E-state index contributed by atoms with van der Waals surface area (Å²) in [5, 5.41) is 0. The Balaban J connectivity index is 3.04. The molecule has 0 bridgehead atoms. The molecule has 1 aromatic rings. The van der Waals surface area contributed by atoms with Gasteiger partial charge in [0, 0.05) is 0 Å². The number of hydrogen-bond donors (Lipinski definition) is 0. The normalized spacial score (nSPS) is 14.1. The van der Waals surface area contributed by atoms with Gasteiger partial charge >= 0.3 is 0 Å². The van der Waals surface area contributed by atoms with Crippen LogP contribution in [0.3, 0.4) is 0 Å². The first kappa shape index (κ1) is 19.2. The van der Waals surface area contributed by atoms with Crippen LogP contribution in [0.2, 0.25) is 18.1 Å². The van der Waals surface area contributed by atoms with E-state index >= 15 is 0 Å². The van der Waals surface area contributed by atoms with Gasteiger partial charge in [-0.05, 0) is 42.6 Å². The van der Waals surface area contributed by atoms with E-state index in [1.54, 1.807) is 0 Å². The minimum absolute atomic E-state index is 0.143. The Labute approximate surface area is 138 Å². The first-order valence-corrected chi connectivity index (χ1v) is 11.5. The predicted octanol–water partition coefficient (Wildman–Crippen LogP) is 6.89. The molecule has 2 heteroatoms. The van der Waals surface area contributed by atoms with Crippen molar-refractivity contribution in [1.82, 2.24) is 0 Å². The fourth-order valence-electron chi connectivity index (χ4n) is 2.94. The molecule has 1 atom stereocenters.